The summed E-state index contributed by atoms with van der Waals surface area (Å²) < 4.78 is 39.3. The number of fused-ring (bicyclic) bond motifs is 2. The Morgan fingerprint density at radius 2 is 1.76 bits per heavy atom. The molecule has 0 radical (unpaired) electrons. The standard InChI is InChI=1S/C38H32BrF2N7O3/c1-20-26(27-7-5-9-29(21(27)2)44-35-32-30(16-25(39)18-43-32)45-36(47-35)34(40)41)6-4-8-28(20)37-46-31-15-22(14-24(17-42)33(31)51-37)19-48-12-10-23(11-13-48)38(49)50-3/h4-9,14-16,18,23,34H,10-13,19H2,1-3H3,(H,44,45,47). The summed E-state index contributed by atoms with van der Waals surface area (Å²) in [6.07, 6.45) is 0.177. The number of benzene rings is 3. The second kappa shape index (κ2) is 14.1. The molecule has 1 N–H and O–H groups in total. The van der Waals surface area contributed by atoms with Crippen LogP contribution in [0.2, 0.25) is 0 Å². The van der Waals surface area contributed by atoms with Gasteiger partial charge in [-0.05, 0) is 114 Å². The van der Waals surface area contributed by atoms with Crippen molar-refractivity contribution in [2.45, 2.75) is 39.7 Å². The quantitative estimate of drug-likeness (QED) is 0.151. The summed E-state index contributed by atoms with van der Waals surface area (Å²) in [6, 6.07) is 19.3. The van der Waals surface area contributed by atoms with Crippen LogP contribution in [-0.2, 0) is 16.1 Å². The van der Waals surface area contributed by atoms with E-state index in [1.807, 2.05) is 62.4 Å². The minimum absolute atomic E-state index is 0.0805. The zero-order valence-electron chi connectivity index (χ0n) is 28.0. The van der Waals surface area contributed by atoms with E-state index in [1.165, 1.54) is 7.11 Å². The van der Waals surface area contributed by atoms with Gasteiger partial charge in [0.15, 0.2) is 17.2 Å². The molecule has 0 saturated carbocycles. The fourth-order valence-corrected chi connectivity index (χ4v) is 7.00. The van der Waals surface area contributed by atoms with Crippen molar-refractivity contribution in [3.8, 4) is 28.7 Å². The number of rotatable bonds is 8. The molecule has 0 spiro atoms. The molecule has 0 atom stereocenters. The molecule has 6 aromatic rings. The van der Waals surface area contributed by atoms with Crippen LogP contribution in [0.25, 0.3) is 44.7 Å². The highest BCUT2D eigenvalue weighted by atomic mass is 79.9. The van der Waals surface area contributed by atoms with E-state index in [2.05, 4.69) is 47.2 Å². The summed E-state index contributed by atoms with van der Waals surface area (Å²) in [7, 11) is 1.42. The number of nitrogens with zero attached hydrogens (tertiary/aromatic N) is 6. The Balaban J connectivity index is 1.19. The molecular formula is C38H32BrF2N7O3. The van der Waals surface area contributed by atoms with Crippen LogP contribution in [0.4, 0.5) is 20.3 Å². The summed E-state index contributed by atoms with van der Waals surface area (Å²) in [4.78, 5) is 31.6. The number of nitrogens with one attached hydrogen (secondary N) is 1. The Morgan fingerprint density at radius 1 is 1.04 bits per heavy atom. The Morgan fingerprint density at radius 3 is 2.49 bits per heavy atom. The summed E-state index contributed by atoms with van der Waals surface area (Å²) >= 11 is 3.34. The number of halogens is 3. The molecule has 1 saturated heterocycles. The summed E-state index contributed by atoms with van der Waals surface area (Å²) in [5.41, 5.74) is 8.09. The predicted molar refractivity (Wildman–Crippen MR) is 192 cm³/mol. The highest BCUT2D eigenvalue weighted by Crippen LogP contribution is 2.38. The average molecular weight is 753 g/mol. The van der Waals surface area contributed by atoms with E-state index in [-0.39, 0.29) is 17.7 Å². The summed E-state index contributed by atoms with van der Waals surface area (Å²) in [5, 5.41) is 13.3. The normalized spacial score (nSPS) is 13.9. The van der Waals surface area contributed by atoms with Gasteiger partial charge in [0.1, 0.15) is 17.1 Å². The van der Waals surface area contributed by atoms with Crippen molar-refractivity contribution in [1.82, 2.24) is 24.8 Å². The number of esters is 1. The van der Waals surface area contributed by atoms with Gasteiger partial charge in [-0.2, -0.15) is 5.26 Å². The third-order valence-electron chi connectivity index (χ3n) is 9.35. The number of aromatic nitrogens is 4. The van der Waals surface area contributed by atoms with E-state index in [0.29, 0.717) is 50.3 Å². The van der Waals surface area contributed by atoms with Gasteiger partial charge in [-0.1, -0.05) is 24.3 Å². The van der Waals surface area contributed by atoms with E-state index in [4.69, 9.17) is 14.1 Å². The Kier molecular flexibility index (Phi) is 9.46. The number of anilines is 2. The zero-order valence-corrected chi connectivity index (χ0v) is 29.6. The maximum Gasteiger partial charge on any atom is 0.308 e. The van der Waals surface area contributed by atoms with E-state index >= 15 is 0 Å². The molecule has 3 aromatic carbocycles. The molecular weight excluding hydrogens is 720 g/mol. The van der Waals surface area contributed by atoms with Gasteiger partial charge in [0.25, 0.3) is 6.43 Å². The lowest BCUT2D eigenvalue weighted by Crippen LogP contribution is -2.36. The SMILES string of the molecule is COC(=O)C1CCN(Cc2cc(C#N)c3oc(-c4cccc(-c5cccc(Nc6nc(C(F)F)nc7cc(Br)cnc67)c5C)c4C)nc3c2)CC1. The Labute approximate surface area is 300 Å². The Hall–Kier alpha value is -5.32. The molecule has 1 aliphatic rings. The molecule has 51 heavy (non-hydrogen) atoms. The van der Waals surface area contributed by atoms with Crippen LogP contribution in [-0.4, -0.2) is 51.0 Å². The van der Waals surface area contributed by atoms with Crippen LogP contribution < -0.4 is 5.32 Å². The van der Waals surface area contributed by atoms with Crippen molar-refractivity contribution >= 4 is 55.5 Å². The van der Waals surface area contributed by atoms with Gasteiger partial charge >= 0.3 is 5.97 Å². The van der Waals surface area contributed by atoms with Crippen LogP contribution in [0.1, 0.15) is 47.3 Å². The van der Waals surface area contributed by atoms with Gasteiger partial charge in [0.05, 0.1) is 24.1 Å². The number of piperidine rings is 1. The van der Waals surface area contributed by atoms with Crippen LogP contribution >= 0.6 is 15.9 Å². The van der Waals surface area contributed by atoms with Crippen molar-refractivity contribution in [2.75, 3.05) is 25.5 Å². The van der Waals surface area contributed by atoms with Gasteiger partial charge in [0.2, 0.25) is 5.89 Å². The van der Waals surface area contributed by atoms with Crippen LogP contribution in [0.15, 0.2) is 69.7 Å². The van der Waals surface area contributed by atoms with Crippen LogP contribution in [0.3, 0.4) is 0 Å². The van der Waals surface area contributed by atoms with Gasteiger partial charge in [0, 0.05) is 28.5 Å². The van der Waals surface area contributed by atoms with Gasteiger partial charge < -0.3 is 14.5 Å². The first-order valence-corrected chi connectivity index (χ1v) is 17.1. The molecule has 1 aliphatic heterocycles. The lowest BCUT2D eigenvalue weighted by atomic mass is 9.93. The maximum atomic E-state index is 13.7. The first-order chi connectivity index (χ1) is 24.6. The lowest BCUT2D eigenvalue weighted by molar-refractivity contribution is -0.147. The van der Waals surface area contributed by atoms with E-state index < -0.39 is 12.2 Å². The second-order valence-electron chi connectivity index (χ2n) is 12.5. The fraction of sp³-hybridized carbons (Fsp3) is 0.263. The smallest absolute Gasteiger partial charge is 0.308 e. The van der Waals surface area contributed by atoms with Gasteiger partial charge in [-0.3, -0.25) is 9.69 Å². The zero-order chi connectivity index (χ0) is 35.8. The monoisotopic (exact) mass is 751 g/mol. The molecule has 10 nitrogen and oxygen atoms in total. The van der Waals surface area contributed by atoms with E-state index in [0.717, 1.165) is 59.3 Å². The number of pyridine rings is 1. The van der Waals surface area contributed by atoms with Crippen molar-refractivity contribution in [3.05, 3.63) is 93.3 Å². The highest BCUT2D eigenvalue weighted by Gasteiger charge is 2.26. The molecule has 13 heteroatoms. The van der Waals surface area contributed by atoms with Crippen LogP contribution in [0, 0.1) is 31.1 Å². The van der Waals surface area contributed by atoms with Gasteiger partial charge in [-0.25, -0.2) is 28.7 Å². The molecule has 0 unspecified atom stereocenters. The molecule has 1 fully saturated rings. The minimum Gasteiger partial charge on any atom is -0.469 e. The number of hydrogen-bond acceptors (Lipinski definition) is 10. The molecule has 7 rings (SSSR count). The third-order valence-corrected chi connectivity index (χ3v) is 9.79. The highest BCUT2D eigenvalue weighted by molar-refractivity contribution is 9.10. The van der Waals surface area contributed by atoms with Crippen LogP contribution in [0.5, 0.6) is 0 Å². The minimum atomic E-state index is -2.86. The molecule has 4 heterocycles. The molecule has 0 amide bonds. The molecule has 0 bridgehead atoms. The predicted octanol–water partition coefficient (Wildman–Crippen LogP) is 8.82. The number of carbonyl (C=O) groups is 1. The topological polar surface area (TPSA) is 130 Å². The lowest BCUT2D eigenvalue weighted by Gasteiger charge is -2.30. The average Bonchev–Trinajstić information content (AvgIpc) is 3.56. The number of methoxy groups -OCH3 is 1. The van der Waals surface area contributed by atoms with E-state index in [9.17, 15) is 18.8 Å². The molecule has 3 aromatic heterocycles. The summed E-state index contributed by atoms with van der Waals surface area (Å²) in [6.45, 7) is 6.08. The summed E-state index contributed by atoms with van der Waals surface area (Å²) in [5.74, 6) is -0.258. The van der Waals surface area contributed by atoms with Crippen molar-refractivity contribution in [3.63, 3.8) is 0 Å². The number of ether oxygens (including phenoxy) is 1. The van der Waals surface area contributed by atoms with Crippen molar-refractivity contribution in [1.29, 1.82) is 5.26 Å². The molecule has 258 valence electrons. The molecule has 0 aliphatic carbocycles. The van der Waals surface area contributed by atoms with Crippen molar-refractivity contribution < 1.29 is 22.7 Å². The van der Waals surface area contributed by atoms with Gasteiger partial charge in [-0.15, -0.1) is 0 Å². The third kappa shape index (κ3) is 6.77. The number of carbonyl (C=O) groups excluding carboxylic acids is 1. The largest absolute Gasteiger partial charge is 0.469 e. The number of hydrogen-bond donors (Lipinski definition) is 1. The second-order valence-corrected chi connectivity index (χ2v) is 13.4. The first kappa shape index (κ1) is 34.1. The fourth-order valence-electron chi connectivity index (χ4n) is 6.68. The number of alkyl halides is 2. The van der Waals surface area contributed by atoms with Crippen molar-refractivity contribution in [2.24, 2.45) is 5.92 Å². The number of likely N-dealkylation sites (tertiary alicyclic amines) is 1. The number of nitriles is 1. The maximum absolute atomic E-state index is 13.7. The van der Waals surface area contributed by atoms with E-state index in [1.54, 1.807) is 12.3 Å². The Bertz CT molecular complexity index is 2350. The first-order valence-electron chi connectivity index (χ1n) is 16.4. The number of oxazole rings is 1.